The molecule has 0 unspecified atom stereocenters. The number of aromatic hydroxyl groups is 1. The molecule has 1 aromatic heterocycles. The molecule has 1 N–H and O–H groups in total. The molecular formula is C10H5Cl2F3N2O. The molecule has 2 aromatic rings. The van der Waals surface area contributed by atoms with Crippen molar-refractivity contribution in [2.24, 2.45) is 0 Å². The second kappa shape index (κ2) is 4.37. The van der Waals surface area contributed by atoms with Gasteiger partial charge in [0, 0.05) is 11.1 Å². The quantitative estimate of drug-likeness (QED) is 0.866. The SMILES string of the molecule is Oc1cc(C(F)(F)F)nn1-c1ccc(Cl)cc1Cl. The molecule has 8 heteroatoms. The molecule has 0 radical (unpaired) electrons. The summed E-state index contributed by atoms with van der Waals surface area (Å²) in [6.45, 7) is 0. The van der Waals surface area contributed by atoms with Crippen LogP contribution < -0.4 is 0 Å². The predicted molar refractivity (Wildman–Crippen MR) is 60.3 cm³/mol. The lowest BCUT2D eigenvalue weighted by Crippen LogP contribution is -2.07. The summed E-state index contributed by atoms with van der Waals surface area (Å²) < 4.78 is 38.0. The molecule has 0 saturated heterocycles. The molecule has 0 aliphatic rings. The third kappa shape index (κ3) is 2.39. The van der Waals surface area contributed by atoms with Crippen LogP contribution in [0.25, 0.3) is 5.69 Å². The fourth-order valence-corrected chi connectivity index (χ4v) is 1.83. The van der Waals surface area contributed by atoms with Gasteiger partial charge in [-0.1, -0.05) is 23.2 Å². The van der Waals surface area contributed by atoms with E-state index in [2.05, 4.69) is 5.10 Å². The van der Waals surface area contributed by atoms with Crippen LogP contribution in [0, 0.1) is 0 Å². The third-order valence-electron chi connectivity index (χ3n) is 2.12. The first-order chi connectivity index (χ1) is 8.29. The molecule has 1 aromatic carbocycles. The van der Waals surface area contributed by atoms with Gasteiger partial charge in [-0.2, -0.15) is 23.0 Å². The fourth-order valence-electron chi connectivity index (χ4n) is 1.34. The lowest BCUT2D eigenvalue weighted by molar-refractivity contribution is -0.141. The van der Waals surface area contributed by atoms with Crippen molar-refractivity contribution < 1.29 is 18.3 Å². The van der Waals surface area contributed by atoms with Crippen molar-refractivity contribution in [3.05, 3.63) is 40.0 Å². The number of hydrogen-bond acceptors (Lipinski definition) is 2. The Labute approximate surface area is 109 Å². The fraction of sp³-hybridized carbons (Fsp3) is 0.100. The normalized spacial score (nSPS) is 11.8. The molecule has 2 rings (SSSR count). The Morgan fingerprint density at radius 1 is 1.17 bits per heavy atom. The molecule has 0 fully saturated rings. The Hall–Kier alpha value is -1.40. The third-order valence-corrected chi connectivity index (χ3v) is 2.66. The Balaban J connectivity index is 2.55. The van der Waals surface area contributed by atoms with Gasteiger partial charge in [-0.15, -0.1) is 0 Å². The average Bonchev–Trinajstić information content (AvgIpc) is 2.60. The molecule has 0 aliphatic heterocycles. The molecule has 3 nitrogen and oxygen atoms in total. The van der Waals surface area contributed by atoms with Crippen LogP contribution >= 0.6 is 23.2 Å². The van der Waals surface area contributed by atoms with Gasteiger partial charge in [0.15, 0.2) is 5.69 Å². The van der Waals surface area contributed by atoms with Crippen molar-refractivity contribution in [2.45, 2.75) is 6.18 Å². The monoisotopic (exact) mass is 296 g/mol. The highest BCUT2D eigenvalue weighted by atomic mass is 35.5. The van der Waals surface area contributed by atoms with Crippen LogP contribution in [0.2, 0.25) is 10.0 Å². The second-order valence-corrected chi connectivity index (χ2v) is 4.24. The van der Waals surface area contributed by atoms with Crippen molar-refractivity contribution >= 4 is 23.2 Å². The maximum atomic E-state index is 12.4. The summed E-state index contributed by atoms with van der Waals surface area (Å²) in [4.78, 5) is 0. The molecule has 0 spiro atoms. The van der Waals surface area contributed by atoms with Gasteiger partial charge in [0.25, 0.3) is 0 Å². The zero-order chi connectivity index (χ0) is 13.5. The summed E-state index contributed by atoms with van der Waals surface area (Å²) >= 11 is 11.5. The van der Waals surface area contributed by atoms with E-state index in [0.29, 0.717) is 15.8 Å². The van der Waals surface area contributed by atoms with E-state index in [4.69, 9.17) is 23.2 Å². The van der Waals surface area contributed by atoms with Crippen LogP contribution in [-0.4, -0.2) is 14.9 Å². The van der Waals surface area contributed by atoms with E-state index < -0.39 is 17.8 Å². The molecule has 0 aliphatic carbocycles. The van der Waals surface area contributed by atoms with E-state index in [9.17, 15) is 18.3 Å². The maximum absolute atomic E-state index is 12.4. The number of nitrogens with zero attached hydrogens (tertiary/aromatic N) is 2. The van der Waals surface area contributed by atoms with Crippen LogP contribution in [0.3, 0.4) is 0 Å². The largest absolute Gasteiger partial charge is 0.493 e. The van der Waals surface area contributed by atoms with Gasteiger partial charge in [0.2, 0.25) is 5.88 Å². The minimum absolute atomic E-state index is 0.0784. The summed E-state index contributed by atoms with van der Waals surface area (Å²) in [5.41, 5.74) is -1.10. The summed E-state index contributed by atoms with van der Waals surface area (Å²) in [5, 5.41) is 13.1. The Kier molecular flexibility index (Phi) is 3.16. The van der Waals surface area contributed by atoms with Crippen molar-refractivity contribution in [2.75, 3.05) is 0 Å². The first-order valence-electron chi connectivity index (χ1n) is 4.60. The van der Waals surface area contributed by atoms with Crippen LogP contribution in [0.4, 0.5) is 13.2 Å². The number of hydrogen-bond donors (Lipinski definition) is 1. The van der Waals surface area contributed by atoms with Crippen LogP contribution in [0.5, 0.6) is 5.88 Å². The summed E-state index contributed by atoms with van der Waals surface area (Å²) in [5.74, 6) is -0.661. The second-order valence-electron chi connectivity index (χ2n) is 3.39. The number of halogens is 5. The Morgan fingerprint density at radius 2 is 1.83 bits per heavy atom. The van der Waals surface area contributed by atoms with E-state index in [1.54, 1.807) is 0 Å². The lowest BCUT2D eigenvalue weighted by atomic mass is 10.3. The van der Waals surface area contributed by atoms with Crippen molar-refractivity contribution in [1.29, 1.82) is 0 Å². The topological polar surface area (TPSA) is 38.1 Å². The molecule has 0 amide bonds. The van der Waals surface area contributed by atoms with Crippen LogP contribution in [-0.2, 0) is 6.18 Å². The molecule has 0 bridgehead atoms. The van der Waals surface area contributed by atoms with Gasteiger partial charge in [-0.05, 0) is 18.2 Å². The van der Waals surface area contributed by atoms with Gasteiger partial charge in [0.05, 0.1) is 10.7 Å². The summed E-state index contributed by atoms with van der Waals surface area (Å²) in [7, 11) is 0. The van der Waals surface area contributed by atoms with E-state index in [1.165, 1.54) is 18.2 Å². The number of alkyl halides is 3. The first-order valence-corrected chi connectivity index (χ1v) is 5.36. The molecule has 1 heterocycles. The minimum Gasteiger partial charge on any atom is -0.493 e. The highest BCUT2D eigenvalue weighted by Gasteiger charge is 2.35. The van der Waals surface area contributed by atoms with Gasteiger partial charge in [-0.25, -0.2) is 0 Å². The van der Waals surface area contributed by atoms with Crippen molar-refractivity contribution in [3.8, 4) is 11.6 Å². The highest BCUT2D eigenvalue weighted by Crippen LogP contribution is 2.33. The van der Waals surface area contributed by atoms with E-state index in [1.807, 2.05) is 0 Å². The molecule has 96 valence electrons. The lowest BCUT2D eigenvalue weighted by Gasteiger charge is -2.06. The average molecular weight is 297 g/mol. The van der Waals surface area contributed by atoms with Gasteiger partial charge in [-0.3, -0.25) is 0 Å². The predicted octanol–water partition coefficient (Wildman–Crippen LogP) is 3.90. The van der Waals surface area contributed by atoms with E-state index >= 15 is 0 Å². The Bertz CT molecular complexity index is 595. The number of benzene rings is 1. The summed E-state index contributed by atoms with van der Waals surface area (Å²) in [6, 6.07) is 4.65. The molecule has 0 atom stereocenters. The number of rotatable bonds is 1. The molecular weight excluding hydrogens is 292 g/mol. The van der Waals surface area contributed by atoms with Crippen LogP contribution in [0.15, 0.2) is 24.3 Å². The van der Waals surface area contributed by atoms with Gasteiger partial charge in [0.1, 0.15) is 0 Å². The standard InChI is InChI=1S/C10H5Cl2F3N2O/c11-5-1-2-7(6(12)3-5)17-9(18)4-8(16-17)10(13,14)15/h1-4,18H. The van der Waals surface area contributed by atoms with Crippen molar-refractivity contribution in [1.82, 2.24) is 9.78 Å². The van der Waals surface area contributed by atoms with E-state index in [-0.39, 0.29) is 10.7 Å². The van der Waals surface area contributed by atoms with Crippen LogP contribution in [0.1, 0.15) is 5.69 Å². The first kappa shape index (κ1) is 13.0. The zero-order valence-corrected chi connectivity index (χ0v) is 10.1. The van der Waals surface area contributed by atoms with E-state index in [0.717, 1.165) is 0 Å². The van der Waals surface area contributed by atoms with Gasteiger partial charge >= 0.3 is 6.18 Å². The van der Waals surface area contributed by atoms with Gasteiger partial charge < -0.3 is 5.11 Å². The molecule has 18 heavy (non-hydrogen) atoms. The minimum atomic E-state index is -4.64. The smallest absolute Gasteiger partial charge is 0.435 e. The summed E-state index contributed by atoms with van der Waals surface area (Å²) in [6.07, 6.45) is -4.64. The number of aromatic nitrogens is 2. The molecule has 0 saturated carbocycles. The zero-order valence-electron chi connectivity index (χ0n) is 8.54. The Morgan fingerprint density at radius 3 is 2.33 bits per heavy atom. The highest BCUT2D eigenvalue weighted by molar-refractivity contribution is 6.35. The maximum Gasteiger partial charge on any atom is 0.435 e. The van der Waals surface area contributed by atoms with Crippen molar-refractivity contribution in [3.63, 3.8) is 0 Å².